The number of anilines is 4. The maximum Gasteiger partial charge on any atom is 0.257 e. The van der Waals surface area contributed by atoms with Crippen molar-refractivity contribution in [2.24, 2.45) is 0 Å². The van der Waals surface area contributed by atoms with Gasteiger partial charge in [-0.25, -0.2) is 4.98 Å². The number of nitrogens with zero attached hydrogens (tertiary/aromatic N) is 7. The highest BCUT2D eigenvalue weighted by Crippen LogP contribution is 2.34. The minimum absolute atomic E-state index is 0.0170. The standard InChI is InChI=1S/C38H50N10O5/c1-5-28-34(31(6-2)48(44-28)19-20-53-22-21-51-3)42-36(49)27-12-14-47-32(27)10-7-25-24-40-38(43-35(25)47)41-29-9-8-26(23-33(29)52-4)45-15-17-46(18-16-45)37(50)30-11-13-39-30/h8-9,12,14,23-24,30,39H,5-7,10-11,13,15-22H2,1-4H3,(H,42,49)(H,40,41,43)/t30-/m1/s1. The number of benzene rings is 1. The van der Waals surface area contributed by atoms with Crippen LogP contribution in [0.25, 0.3) is 5.82 Å². The second kappa shape index (κ2) is 16.4. The number of aromatic nitrogens is 5. The molecule has 0 spiro atoms. The summed E-state index contributed by atoms with van der Waals surface area (Å²) in [5.41, 5.74) is 6.92. The zero-order valence-corrected chi connectivity index (χ0v) is 31.1. The lowest BCUT2D eigenvalue weighted by atomic mass is 10.0. The maximum absolute atomic E-state index is 13.9. The van der Waals surface area contributed by atoms with Crippen molar-refractivity contribution in [1.29, 1.82) is 0 Å². The Kier molecular flexibility index (Phi) is 11.2. The van der Waals surface area contributed by atoms with E-state index in [2.05, 4.69) is 38.8 Å². The monoisotopic (exact) mass is 726 g/mol. The van der Waals surface area contributed by atoms with E-state index in [-0.39, 0.29) is 17.9 Å². The van der Waals surface area contributed by atoms with Crippen molar-refractivity contribution in [2.45, 2.75) is 58.5 Å². The molecule has 3 aliphatic heterocycles. The normalized spacial score (nSPS) is 16.5. The van der Waals surface area contributed by atoms with E-state index in [4.69, 9.17) is 24.3 Å². The van der Waals surface area contributed by atoms with Crippen LogP contribution in [-0.4, -0.2) is 114 Å². The Bertz CT molecular complexity index is 1930. The van der Waals surface area contributed by atoms with Crippen molar-refractivity contribution in [3.63, 3.8) is 0 Å². The smallest absolute Gasteiger partial charge is 0.257 e. The van der Waals surface area contributed by atoms with Crippen LogP contribution in [0.2, 0.25) is 0 Å². The molecule has 0 aliphatic carbocycles. The van der Waals surface area contributed by atoms with Crippen molar-refractivity contribution >= 4 is 34.8 Å². The van der Waals surface area contributed by atoms with Crippen LogP contribution in [0.15, 0.2) is 36.7 Å². The fraction of sp³-hybridized carbons (Fsp3) is 0.500. The Morgan fingerprint density at radius 2 is 1.85 bits per heavy atom. The Morgan fingerprint density at radius 3 is 2.57 bits per heavy atom. The Morgan fingerprint density at radius 1 is 1.02 bits per heavy atom. The van der Waals surface area contributed by atoms with Gasteiger partial charge in [0.1, 0.15) is 11.6 Å². The quantitative estimate of drug-likeness (QED) is 0.155. The van der Waals surface area contributed by atoms with Crippen molar-refractivity contribution < 1.29 is 23.8 Å². The molecule has 1 atom stereocenters. The van der Waals surface area contributed by atoms with Gasteiger partial charge in [0.25, 0.3) is 5.91 Å². The summed E-state index contributed by atoms with van der Waals surface area (Å²) < 4.78 is 20.5. The Balaban J connectivity index is 1.04. The fourth-order valence-electron chi connectivity index (χ4n) is 7.29. The first-order chi connectivity index (χ1) is 25.9. The van der Waals surface area contributed by atoms with Crippen LogP contribution < -0.4 is 25.6 Å². The first kappa shape index (κ1) is 36.4. The van der Waals surface area contributed by atoms with Crippen LogP contribution in [0.5, 0.6) is 5.75 Å². The van der Waals surface area contributed by atoms with Gasteiger partial charge in [-0.2, -0.15) is 10.1 Å². The predicted octanol–water partition coefficient (Wildman–Crippen LogP) is 3.37. The molecule has 15 heteroatoms. The minimum Gasteiger partial charge on any atom is -0.494 e. The summed E-state index contributed by atoms with van der Waals surface area (Å²) in [4.78, 5) is 40.3. The highest BCUT2D eigenvalue weighted by Gasteiger charge is 2.31. The van der Waals surface area contributed by atoms with Crippen LogP contribution in [0.4, 0.5) is 23.0 Å². The number of piperazine rings is 1. The summed E-state index contributed by atoms with van der Waals surface area (Å²) in [6.07, 6.45) is 7.50. The van der Waals surface area contributed by atoms with Crippen molar-refractivity contribution in [2.75, 3.05) is 82.3 Å². The number of hydrogen-bond acceptors (Lipinski definition) is 11. The molecule has 3 aliphatic rings. The van der Waals surface area contributed by atoms with E-state index < -0.39 is 0 Å². The molecule has 3 N–H and O–H groups in total. The molecule has 53 heavy (non-hydrogen) atoms. The lowest BCUT2D eigenvalue weighted by Crippen LogP contribution is -2.58. The molecule has 3 aromatic heterocycles. The lowest BCUT2D eigenvalue weighted by Gasteiger charge is -2.39. The van der Waals surface area contributed by atoms with E-state index in [1.165, 1.54) is 0 Å². The van der Waals surface area contributed by atoms with E-state index in [0.29, 0.717) is 69.6 Å². The summed E-state index contributed by atoms with van der Waals surface area (Å²) in [5, 5.41) is 14.6. The predicted molar refractivity (Wildman–Crippen MR) is 202 cm³/mol. The molecule has 0 saturated carbocycles. The van der Waals surface area contributed by atoms with E-state index in [1.807, 2.05) is 51.7 Å². The zero-order valence-electron chi connectivity index (χ0n) is 31.1. The lowest BCUT2D eigenvalue weighted by molar-refractivity contribution is -0.135. The van der Waals surface area contributed by atoms with E-state index >= 15 is 0 Å². The summed E-state index contributed by atoms with van der Waals surface area (Å²) in [6, 6.07) is 7.88. The highest BCUT2D eigenvalue weighted by atomic mass is 16.5. The summed E-state index contributed by atoms with van der Waals surface area (Å²) >= 11 is 0. The average molecular weight is 727 g/mol. The van der Waals surface area contributed by atoms with Gasteiger partial charge in [0, 0.05) is 68.7 Å². The molecule has 2 saturated heterocycles. The van der Waals surface area contributed by atoms with Gasteiger partial charge in [-0.3, -0.25) is 14.3 Å². The SMILES string of the molecule is CCc1nn(CCOCCOC)c(CC)c1NC(=O)c1ccn2c1CCc1cnc(Nc3ccc(N4CCN(C(=O)[C@H]5CCN5)CC4)cc3OC)nc1-2. The van der Waals surface area contributed by atoms with Gasteiger partial charge in [0.2, 0.25) is 11.9 Å². The van der Waals surface area contributed by atoms with Crippen LogP contribution in [0.3, 0.4) is 0 Å². The second-order valence-electron chi connectivity index (χ2n) is 13.5. The molecule has 0 unspecified atom stereocenters. The summed E-state index contributed by atoms with van der Waals surface area (Å²) in [5.74, 6) is 1.89. The van der Waals surface area contributed by atoms with Crippen LogP contribution in [0, 0.1) is 0 Å². The number of rotatable bonds is 15. The molecule has 4 aromatic rings. The third kappa shape index (κ3) is 7.59. The number of amides is 2. The maximum atomic E-state index is 13.9. The average Bonchev–Trinajstić information content (AvgIpc) is 3.75. The number of hydrogen-bond donors (Lipinski definition) is 3. The molecular weight excluding hydrogens is 676 g/mol. The van der Waals surface area contributed by atoms with Gasteiger partial charge in [-0.15, -0.1) is 0 Å². The van der Waals surface area contributed by atoms with Crippen molar-refractivity contribution in [3.8, 4) is 11.6 Å². The number of aryl methyl sites for hydroxylation is 2. The second-order valence-corrected chi connectivity index (χ2v) is 13.5. The molecule has 2 fully saturated rings. The molecule has 6 heterocycles. The van der Waals surface area contributed by atoms with E-state index in [0.717, 1.165) is 84.4 Å². The number of methoxy groups -OCH3 is 2. The molecule has 15 nitrogen and oxygen atoms in total. The van der Waals surface area contributed by atoms with Crippen LogP contribution in [-0.2, 0) is 46.5 Å². The van der Waals surface area contributed by atoms with Crippen molar-refractivity contribution in [3.05, 3.63) is 64.9 Å². The first-order valence-corrected chi connectivity index (χ1v) is 18.7. The molecule has 1 aromatic carbocycles. The number of carbonyl (C=O) groups is 2. The van der Waals surface area contributed by atoms with Gasteiger partial charge in [-0.05, 0) is 56.8 Å². The van der Waals surface area contributed by atoms with E-state index in [9.17, 15) is 9.59 Å². The first-order valence-electron chi connectivity index (χ1n) is 18.7. The molecular formula is C38H50N10O5. The Labute approximate surface area is 310 Å². The summed E-state index contributed by atoms with van der Waals surface area (Å²) in [7, 11) is 3.30. The molecule has 2 amide bonds. The van der Waals surface area contributed by atoms with Crippen molar-refractivity contribution in [1.82, 2.24) is 34.5 Å². The number of carbonyl (C=O) groups excluding carboxylic acids is 2. The molecule has 0 radical (unpaired) electrons. The molecule has 0 bridgehead atoms. The third-order valence-electron chi connectivity index (χ3n) is 10.4. The zero-order chi connectivity index (χ0) is 36.9. The topological polar surface area (TPSA) is 153 Å². The Hall–Kier alpha value is -4.99. The van der Waals surface area contributed by atoms with Crippen LogP contribution >= 0.6 is 0 Å². The van der Waals surface area contributed by atoms with Gasteiger partial charge in [0.15, 0.2) is 0 Å². The number of fused-ring (bicyclic) bond motifs is 3. The third-order valence-corrected chi connectivity index (χ3v) is 10.4. The van der Waals surface area contributed by atoms with Gasteiger partial charge >= 0.3 is 0 Å². The number of ether oxygens (including phenoxy) is 3. The summed E-state index contributed by atoms with van der Waals surface area (Å²) in [6.45, 7) is 10.1. The van der Waals surface area contributed by atoms with Gasteiger partial charge in [-0.1, -0.05) is 13.8 Å². The van der Waals surface area contributed by atoms with Crippen LogP contribution in [0.1, 0.15) is 53.3 Å². The van der Waals surface area contributed by atoms with Gasteiger partial charge < -0.3 is 44.5 Å². The molecule has 282 valence electrons. The van der Waals surface area contributed by atoms with E-state index in [1.54, 1.807) is 14.2 Å². The highest BCUT2D eigenvalue weighted by molar-refractivity contribution is 6.06. The van der Waals surface area contributed by atoms with Gasteiger partial charge in [0.05, 0.1) is 67.8 Å². The minimum atomic E-state index is -0.164. The number of nitrogens with one attached hydrogen (secondary N) is 3. The largest absolute Gasteiger partial charge is 0.494 e. The molecule has 7 rings (SSSR count). The fourth-order valence-corrected chi connectivity index (χ4v) is 7.29.